The van der Waals surface area contributed by atoms with Gasteiger partial charge in [-0.05, 0) is 61.2 Å². The zero-order valence-corrected chi connectivity index (χ0v) is 18.1. The molecular formula is C26H28O5. The fraction of sp³-hybridized carbons (Fsp3) is 0.308. The third-order valence-corrected chi connectivity index (χ3v) is 5.62. The third kappa shape index (κ3) is 5.05. The van der Waals surface area contributed by atoms with Crippen LogP contribution in [0.3, 0.4) is 0 Å². The van der Waals surface area contributed by atoms with Crippen molar-refractivity contribution in [1.29, 1.82) is 0 Å². The maximum atomic E-state index is 12.3. The Kier molecular flexibility index (Phi) is 7.29. The zero-order valence-electron chi connectivity index (χ0n) is 18.1. The Balaban J connectivity index is 2.05. The summed E-state index contributed by atoms with van der Waals surface area (Å²) in [5.74, 6) is -0.821. The van der Waals surface area contributed by atoms with Crippen LogP contribution in [0.25, 0.3) is 10.8 Å². The number of benzene rings is 3. The molecule has 5 heteroatoms. The van der Waals surface area contributed by atoms with Crippen LogP contribution < -0.4 is 4.74 Å². The molecule has 0 aromatic heterocycles. The van der Waals surface area contributed by atoms with E-state index < -0.39 is 11.9 Å². The molecule has 0 aliphatic rings. The lowest BCUT2D eigenvalue weighted by Gasteiger charge is -2.23. The highest BCUT2D eigenvalue weighted by molar-refractivity contribution is 5.97. The van der Waals surface area contributed by atoms with Crippen LogP contribution in [0.1, 0.15) is 43.7 Å². The molecule has 162 valence electrons. The summed E-state index contributed by atoms with van der Waals surface area (Å²) >= 11 is 0. The van der Waals surface area contributed by atoms with E-state index in [1.165, 1.54) is 6.92 Å². The van der Waals surface area contributed by atoms with Crippen molar-refractivity contribution in [3.8, 4) is 11.5 Å². The summed E-state index contributed by atoms with van der Waals surface area (Å²) in [4.78, 5) is 24.5. The summed E-state index contributed by atoms with van der Waals surface area (Å²) in [6, 6.07) is 19.1. The molecule has 0 aliphatic heterocycles. The molecule has 2 unspecified atom stereocenters. The molecule has 3 rings (SSSR count). The largest absolute Gasteiger partial charge is 0.508 e. The van der Waals surface area contributed by atoms with E-state index in [4.69, 9.17) is 9.47 Å². The average molecular weight is 421 g/mol. The van der Waals surface area contributed by atoms with Crippen molar-refractivity contribution in [3.63, 3.8) is 0 Å². The molecular weight excluding hydrogens is 392 g/mol. The van der Waals surface area contributed by atoms with Crippen LogP contribution in [0.2, 0.25) is 0 Å². The highest BCUT2D eigenvalue weighted by atomic mass is 16.5. The SMILES string of the molecule is CCOC(=O)C(CCC(c1ccc(OC)cc1)c1c(O)ccc2ccccc12)C(C)=O. The summed E-state index contributed by atoms with van der Waals surface area (Å²) in [5, 5.41) is 12.8. The minimum atomic E-state index is -0.821. The Hall–Kier alpha value is -3.34. The quantitative estimate of drug-likeness (QED) is 0.379. The van der Waals surface area contributed by atoms with E-state index in [1.54, 1.807) is 20.1 Å². The van der Waals surface area contributed by atoms with Crippen LogP contribution in [0.4, 0.5) is 0 Å². The molecule has 0 spiro atoms. The predicted molar refractivity (Wildman–Crippen MR) is 120 cm³/mol. The number of phenols is 1. The van der Waals surface area contributed by atoms with Crippen molar-refractivity contribution in [2.45, 2.75) is 32.6 Å². The lowest BCUT2D eigenvalue weighted by molar-refractivity contribution is -0.151. The van der Waals surface area contributed by atoms with Gasteiger partial charge in [0.1, 0.15) is 23.2 Å². The molecule has 0 saturated carbocycles. The number of esters is 1. The number of carbonyl (C=O) groups excluding carboxylic acids is 2. The molecule has 0 fully saturated rings. The van der Waals surface area contributed by atoms with E-state index in [-0.39, 0.29) is 24.1 Å². The molecule has 0 saturated heterocycles. The summed E-state index contributed by atoms with van der Waals surface area (Å²) in [7, 11) is 1.61. The first-order chi connectivity index (χ1) is 15.0. The van der Waals surface area contributed by atoms with Gasteiger partial charge in [0, 0.05) is 11.5 Å². The van der Waals surface area contributed by atoms with Gasteiger partial charge >= 0.3 is 5.97 Å². The minimum absolute atomic E-state index is 0.190. The normalized spacial score (nSPS) is 12.9. The first-order valence-electron chi connectivity index (χ1n) is 10.5. The van der Waals surface area contributed by atoms with E-state index >= 15 is 0 Å². The van der Waals surface area contributed by atoms with E-state index in [9.17, 15) is 14.7 Å². The van der Waals surface area contributed by atoms with Crippen LogP contribution in [-0.2, 0) is 14.3 Å². The second-order valence-corrected chi connectivity index (χ2v) is 7.54. The van der Waals surface area contributed by atoms with Crippen molar-refractivity contribution in [2.24, 2.45) is 5.92 Å². The average Bonchev–Trinajstić information content (AvgIpc) is 2.77. The number of aromatic hydroxyl groups is 1. The number of fused-ring (bicyclic) bond motifs is 1. The minimum Gasteiger partial charge on any atom is -0.508 e. The maximum Gasteiger partial charge on any atom is 0.316 e. The summed E-state index contributed by atoms with van der Waals surface area (Å²) in [6.07, 6.45) is 0.824. The van der Waals surface area contributed by atoms with Crippen LogP contribution in [-0.4, -0.2) is 30.6 Å². The highest BCUT2D eigenvalue weighted by Gasteiger charge is 2.28. The number of ether oxygens (including phenoxy) is 2. The van der Waals surface area contributed by atoms with Crippen molar-refractivity contribution in [2.75, 3.05) is 13.7 Å². The molecule has 3 aromatic rings. The molecule has 0 heterocycles. The van der Waals surface area contributed by atoms with E-state index in [0.717, 1.165) is 27.6 Å². The van der Waals surface area contributed by atoms with Crippen LogP contribution in [0.15, 0.2) is 60.7 Å². The Morgan fingerprint density at radius 2 is 1.68 bits per heavy atom. The maximum absolute atomic E-state index is 12.3. The molecule has 0 bridgehead atoms. The zero-order chi connectivity index (χ0) is 22.4. The first kappa shape index (κ1) is 22.3. The van der Waals surface area contributed by atoms with Crippen LogP contribution in [0, 0.1) is 5.92 Å². The second-order valence-electron chi connectivity index (χ2n) is 7.54. The Morgan fingerprint density at radius 3 is 2.32 bits per heavy atom. The molecule has 31 heavy (non-hydrogen) atoms. The smallest absolute Gasteiger partial charge is 0.316 e. The third-order valence-electron chi connectivity index (χ3n) is 5.62. The van der Waals surface area contributed by atoms with Gasteiger partial charge in [0.2, 0.25) is 0 Å². The molecule has 0 radical (unpaired) electrons. The van der Waals surface area contributed by atoms with Gasteiger partial charge in [-0.2, -0.15) is 0 Å². The summed E-state index contributed by atoms with van der Waals surface area (Å²) in [6.45, 7) is 3.37. The van der Waals surface area contributed by atoms with Gasteiger partial charge in [0.15, 0.2) is 0 Å². The number of Topliss-reactive ketones (excluding diaryl/α,β-unsaturated/α-hetero) is 1. The Labute approximate surface area is 182 Å². The number of rotatable bonds is 9. The number of hydrogen-bond acceptors (Lipinski definition) is 5. The summed E-state index contributed by atoms with van der Waals surface area (Å²) in [5.41, 5.74) is 1.76. The van der Waals surface area contributed by atoms with Gasteiger partial charge in [-0.25, -0.2) is 0 Å². The number of phenolic OH excluding ortho intramolecular Hbond substituents is 1. The first-order valence-corrected chi connectivity index (χ1v) is 10.5. The number of ketones is 1. The van der Waals surface area contributed by atoms with Gasteiger partial charge in [-0.1, -0.05) is 42.5 Å². The van der Waals surface area contributed by atoms with Crippen molar-refractivity contribution < 1.29 is 24.2 Å². The van der Waals surface area contributed by atoms with Gasteiger partial charge in [-0.15, -0.1) is 0 Å². The number of methoxy groups -OCH3 is 1. The van der Waals surface area contributed by atoms with Gasteiger partial charge in [0.25, 0.3) is 0 Å². The van der Waals surface area contributed by atoms with Crippen LogP contribution >= 0.6 is 0 Å². The highest BCUT2D eigenvalue weighted by Crippen LogP contribution is 2.40. The van der Waals surface area contributed by atoms with Gasteiger partial charge in [-0.3, -0.25) is 9.59 Å². The number of hydrogen-bond donors (Lipinski definition) is 1. The molecule has 2 atom stereocenters. The Morgan fingerprint density at radius 1 is 0.968 bits per heavy atom. The van der Waals surface area contributed by atoms with Crippen molar-refractivity contribution in [1.82, 2.24) is 0 Å². The van der Waals surface area contributed by atoms with Crippen LogP contribution in [0.5, 0.6) is 11.5 Å². The van der Waals surface area contributed by atoms with E-state index in [1.807, 2.05) is 54.6 Å². The molecule has 1 N–H and O–H groups in total. The fourth-order valence-corrected chi connectivity index (χ4v) is 4.03. The van der Waals surface area contributed by atoms with Gasteiger partial charge < -0.3 is 14.6 Å². The number of carbonyl (C=O) groups is 2. The van der Waals surface area contributed by atoms with E-state index in [2.05, 4.69) is 0 Å². The Bertz CT molecular complexity index is 1060. The molecule has 0 amide bonds. The predicted octanol–water partition coefficient (Wildman–Crippen LogP) is 5.23. The molecule has 5 nitrogen and oxygen atoms in total. The topological polar surface area (TPSA) is 72.8 Å². The second kappa shape index (κ2) is 10.1. The monoisotopic (exact) mass is 420 g/mol. The lowest BCUT2D eigenvalue weighted by Crippen LogP contribution is -2.25. The molecule has 3 aromatic carbocycles. The lowest BCUT2D eigenvalue weighted by atomic mass is 9.82. The molecule has 0 aliphatic carbocycles. The fourth-order valence-electron chi connectivity index (χ4n) is 4.03. The van der Waals surface area contributed by atoms with E-state index in [0.29, 0.717) is 12.8 Å². The van der Waals surface area contributed by atoms with Crippen molar-refractivity contribution >= 4 is 22.5 Å². The standard InChI is InChI=1S/C26H28O5/c1-4-31-26(29)21(17(2)27)14-15-23(19-9-12-20(30-3)13-10-19)25-22-8-6-5-7-18(22)11-16-24(25)28/h5-13,16,21,23,28H,4,14-15H2,1-3H3. The summed E-state index contributed by atoms with van der Waals surface area (Å²) < 4.78 is 10.4. The van der Waals surface area contributed by atoms with Crippen molar-refractivity contribution in [3.05, 3.63) is 71.8 Å². The van der Waals surface area contributed by atoms with Gasteiger partial charge in [0.05, 0.1) is 13.7 Å².